The van der Waals surface area contributed by atoms with Gasteiger partial charge in [0.1, 0.15) is 11.3 Å². The second-order valence-electron chi connectivity index (χ2n) is 6.31. The molecule has 0 unspecified atom stereocenters. The summed E-state index contributed by atoms with van der Waals surface area (Å²) in [5.41, 5.74) is 2.67. The number of carbonyl (C=O) groups excluding carboxylic acids is 1. The van der Waals surface area contributed by atoms with E-state index in [1.807, 2.05) is 30.3 Å². The molecule has 8 nitrogen and oxygen atoms in total. The minimum absolute atomic E-state index is 0.155. The van der Waals surface area contributed by atoms with Gasteiger partial charge in [-0.1, -0.05) is 48.5 Å². The summed E-state index contributed by atoms with van der Waals surface area (Å²) in [6, 6.07) is 18.7. The zero-order valence-corrected chi connectivity index (χ0v) is 16.6. The standard InChI is InChI=1S/C21H18N2O6S/c1-14(24)22-23(19-12-6-11-18(20(19)25)21(26)27)30(28,29)17-10-5-9-16(13-17)15-7-3-2-4-8-15/h2-13,25H,1H3,(H,22,24)(H,26,27). The summed E-state index contributed by atoms with van der Waals surface area (Å²) in [6.45, 7) is 1.10. The summed E-state index contributed by atoms with van der Waals surface area (Å²) in [5, 5.41) is 19.6. The minimum atomic E-state index is -4.40. The molecule has 0 spiro atoms. The first kappa shape index (κ1) is 20.9. The van der Waals surface area contributed by atoms with Crippen molar-refractivity contribution in [1.82, 2.24) is 5.43 Å². The molecule has 0 aliphatic rings. The summed E-state index contributed by atoms with van der Waals surface area (Å²) >= 11 is 0. The van der Waals surface area contributed by atoms with Crippen LogP contribution in [0.3, 0.4) is 0 Å². The molecule has 30 heavy (non-hydrogen) atoms. The molecule has 0 aromatic heterocycles. The van der Waals surface area contributed by atoms with Gasteiger partial charge in [-0.25, -0.2) is 4.79 Å². The molecule has 3 N–H and O–H groups in total. The van der Waals surface area contributed by atoms with Gasteiger partial charge in [0.15, 0.2) is 5.75 Å². The molecule has 9 heteroatoms. The lowest BCUT2D eigenvalue weighted by Crippen LogP contribution is -2.45. The maximum atomic E-state index is 13.3. The second kappa shape index (κ2) is 8.26. The van der Waals surface area contributed by atoms with Gasteiger partial charge in [0, 0.05) is 6.92 Å². The van der Waals surface area contributed by atoms with Crippen LogP contribution in [0.4, 0.5) is 5.69 Å². The van der Waals surface area contributed by atoms with E-state index in [4.69, 9.17) is 0 Å². The van der Waals surface area contributed by atoms with E-state index in [-0.39, 0.29) is 4.90 Å². The van der Waals surface area contributed by atoms with Gasteiger partial charge in [-0.3, -0.25) is 10.2 Å². The topological polar surface area (TPSA) is 124 Å². The number of nitrogens with one attached hydrogen (secondary N) is 1. The van der Waals surface area contributed by atoms with Crippen LogP contribution in [0.1, 0.15) is 17.3 Å². The van der Waals surface area contributed by atoms with Gasteiger partial charge < -0.3 is 10.2 Å². The number of benzene rings is 3. The maximum absolute atomic E-state index is 13.3. The number of hydrogen-bond donors (Lipinski definition) is 3. The number of phenols is 1. The van der Waals surface area contributed by atoms with Crippen LogP contribution in [0.15, 0.2) is 77.7 Å². The molecule has 0 atom stereocenters. The number of carboxylic acid groups (broad SMARTS) is 1. The van der Waals surface area contributed by atoms with Crippen LogP contribution >= 0.6 is 0 Å². The highest BCUT2D eigenvalue weighted by atomic mass is 32.2. The largest absolute Gasteiger partial charge is 0.505 e. The Morgan fingerprint density at radius 3 is 2.17 bits per heavy atom. The van der Waals surface area contributed by atoms with Crippen molar-refractivity contribution in [2.45, 2.75) is 11.8 Å². The Morgan fingerprint density at radius 2 is 1.53 bits per heavy atom. The van der Waals surface area contributed by atoms with Crippen molar-refractivity contribution in [2.75, 3.05) is 4.41 Å². The fraction of sp³-hybridized carbons (Fsp3) is 0.0476. The summed E-state index contributed by atoms with van der Waals surface area (Å²) in [6.07, 6.45) is 0. The molecule has 3 aromatic rings. The first-order valence-electron chi connectivity index (χ1n) is 8.75. The third-order valence-electron chi connectivity index (χ3n) is 4.20. The average Bonchev–Trinajstić information content (AvgIpc) is 2.73. The van der Waals surface area contributed by atoms with Crippen molar-refractivity contribution < 1.29 is 28.2 Å². The number of carbonyl (C=O) groups is 2. The lowest BCUT2D eigenvalue weighted by Gasteiger charge is -2.25. The quantitative estimate of drug-likeness (QED) is 0.521. The van der Waals surface area contributed by atoms with Gasteiger partial charge in [-0.05, 0) is 35.4 Å². The summed E-state index contributed by atoms with van der Waals surface area (Å²) < 4.78 is 27.1. The van der Waals surface area contributed by atoms with Crippen LogP contribution in [0, 0.1) is 0 Å². The number of sulfonamides is 1. The second-order valence-corrected chi connectivity index (χ2v) is 8.10. The molecule has 0 aliphatic carbocycles. The van der Waals surface area contributed by atoms with Gasteiger partial charge in [-0.15, -0.1) is 0 Å². The smallest absolute Gasteiger partial charge is 0.339 e. The van der Waals surface area contributed by atoms with Crippen LogP contribution in [0.2, 0.25) is 0 Å². The highest BCUT2D eigenvalue weighted by Gasteiger charge is 2.30. The van der Waals surface area contributed by atoms with Crippen molar-refractivity contribution in [3.8, 4) is 16.9 Å². The van der Waals surface area contributed by atoms with Crippen LogP contribution in [-0.2, 0) is 14.8 Å². The third-order valence-corrected chi connectivity index (χ3v) is 5.82. The Balaban J connectivity index is 2.15. The molecule has 0 radical (unpaired) electrons. The maximum Gasteiger partial charge on any atom is 0.339 e. The van der Waals surface area contributed by atoms with Crippen molar-refractivity contribution in [1.29, 1.82) is 0 Å². The predicted octanol–water partition coefficient (Wildman–Crippen LogP) is 3.00. The molecular formula is C21H18N2O6S. The minimum Gasteiger partial charge on any atom is -0.505 e. The zero-order valence-electron chi connectivity index (χ0n) is 15.8. The first-order chi connectivity index (χ1) is 14.2. The lowest BCUT2D eigenvalue weighted by atomic mass is 10.1. The van der Waals surface area contributed by atoms with Crippen molar-refractivity contribution in [2.24, 2.45) is 0 Å². The Bertz CT molecular complexity index is 1210. The molecule has 0 fully saturated rings. The number of rotatable bonds is 6. The van der Waals surface area contributed by atoms with Gasteiger partial charge in [-0.2, -0.15) is 12.8 Å². The van der Waals surface area contributed by atoms with E-state index >= 15 is 0 Å². The first-order valence-corrected chi connectivity index (χ1v) is 10.2. The number of anilines is 1. The van der Waals surface area contributed by atoms with Crippen LogP contribution < -0.4 is 9.84 Å². The number of para-hydroxylation sites is 1. The Morgan fingerprint density at radius 1 is 0.900 bits per heavy atom. The van der Waals surface area contributed by atoms with Crippen LogP contribution in [0.25, 0.3) is 11.1 Å². The summed E-state index contributed by atoms with van der Waals surface area (Å²) in [7, 11) is -4.40. The zero-order chi connectivity index (χ0) is 21.9. The van der Waals surface area contributed by atoms with Gasteiger partial charge in [0.05, 0.1) is 4.90 Å². The Kier molecular flexibility index (Phi) is 5.74. The van der Waals surface area contributed by atoms with E-state index in [0.717, 1.165) is 18.6 Å². The fourth-order valence-electron chi connectivity index (χ4n) is 2.83. The summed E-state index contributed by atoms with van der Waals surface area (Å²) in [5.74, 6) is -2.96. The number of amides is 1. The normalized spacial score (nSPS) is 11.0. The average molecular weight is 426 g/mol. The molecule has 0 saturated heterocycles. The molecule has 1 amide bonds. The summed E-state index contributed by atoms with van der Waals surface area (Å²) in [4.78, 5) is 22.9. The van der Waals surface area contributed by atoms with E-state index in [0.29, 0.717) is 9.98 Å². The Hall–Kier alpha value is -3.85. The van der Waals surface area contributed by atoms with Crippen LogP contribution in [0.5, 0.6) is 5.75 Å². The molecule has 3 rings (SSSR count). The number of aromatic hydroxyl groups is 1. The van der Waals surface area contributed by atoms with E-state index in [9.17, 15) is 28.2 Å². The van der Waals surface area contributed by atoms with Gasteiger partial charge >= 0.3 is 5.97 Å². The predicted molar refractivity (Wildman–Crippen MR) is 110 cm³/mol. The highest BCUT2D eigenvalue weighted by Crippen LogP contribution is 2.34. The van der Waals surface area contributed by atoms with Crippen molar-refractivity contribution >= 4 is 27.6 Å². The number of carboxylic acids is 1. The number of nitrogens with zero attached hydrogens (tertiary/aromatic N) is 1. The third kappa shape index (κ3) is 4.11. The molecule has 0 heterocycles. The lowest BCUT2D eigenvalue weighted by molar-refractivity contribution is -0.118. The SMILES string of the molecule is CC(=O)NN(c1cccc(C(=O)O)c1O)S(=O)(=O)c1cccc(-c2ccccc2)c1. The molecule has 0 bridgehead atoms. The molecule has 0 saturated carbocycles. The number of aromatic carboxylic acids is 1. The fourth-order valence-corrected chi connectivity index (χ4v) is 4.22. The molecule has 0 aliphatic heterocycles. The number of hydrogen-bond acceptors (Lipinski definition) is 5. The van der Waals surface area contributed by atoms with Crippen molar-refractivity contribution in [3.63, 3.8) is 0 Å². The molecular weight excluding hydrogens is 408 g/mol. The van der Waals surface area contributed by atoms with Gasteiger partial charge in [0.2, 0.25) is 5.91 Å². The van der Waals surface area contributed by atoms with Gasteiger partial charge in [0.25, 0.3) is 10.0 Å². The molecule has 154 valence electrons. The van der Waals surface area contributed by atoms with E-state index in [1.165, 1.54) is 24.3 Å². The molecule has 3 aromatic carbocycles. The van der Waals surface area contributed by atoms with Crippen LogP contribution in [-0.4, -0.2) is 30.5 Å². The Labute approximate surface area is 173 Å². The van der Waals surface area contributed by atoms with E-state index < -0.39 is 38.9 Å². The van der Waals surface area contributed by atoms with Crippen molar-refractivity contribution in [3.05, 3.63) is 78.4 Å². The number of hydrazine groups is 1. The monoisotopic (exact) mass is 426 g/mol. The van der Waals surface area contributed by atoms with E-state index in [2.05, 4.69) is 5.43 Å². The van der Waals surface area contributed by atoms with E-state index in [1.54, 1.807) is 12.1 Å². The highest BCUT2D eigenvalue weighted by molar-refractivity contribution is 7.92.